The molecule has 1 saturated carbocycles. The lowest BCUT2D eigenvalue weighted by Gasteiger charge is -2.40. The Labute approximate surface area is 183 Å². The summed E-state index contributed by atoms with van der Waals surface area (Å²) in [5.41, 5.74) is 2.20. The summed E-state index contributed by atoms with van der Waals surface area (Å²) in [4.78, 5) is 25.3. The monoisotopic (exact) mass is 439 g/mol. The number of nitrogens with zero attached hydrogens (tertiary/aromatic N) is 2. The van der Waals surface area contributed by atoms with Crippen molar-refractivity contribution in [1.29, 1.82) is 0 Å². The van der Waals surface area contributed by atoms with Crippen LogP contribution in [0, 0.1) is 5.21 Å². The highest BCUT2D eigenvalue weighted by atomic mass is 32.2. The van der Waals surface area contributed by atoms with Gasteiger partial charge in [0.1, 0.15) is 16.6 Å². The summed E-state index contributed by atoms with van der Waals surface area (Å²) in [6.45, 7) is 0. The summed E-state index contributed by atoms with van der Waals surface area (Å²) in [6.07, 6.45) is 5.12. The Kier molecular flexibility index (Phi) is 4.67. The summed E-state index contributed by atoms with van der Waals surface area (Å²) in [5.74, 6) is -0.970. The zero-order valence-electron chi connectivity index (χ0n) is 16.6. The van der Waals surface area contributed by atoms with Crippen molar-refractivity contribution in [3.63, 3.8) is 0 Å². The van der Waals surface area contributed by atoms with Gasteiger partial charge in [-0.1, -0.05) is 30.3 Å². The molecule has 1 amide bonds. The van der Waals surface area contributed by atoms with Crippen LogP contribution in [0.3, 0.4) is 0 Å². The number of nitrogens with one attached hydrogen (secondary N) is 1. The number of hydrogen-bond donors (Lipinski definition) is 2. The fourth-order valence-electron chi connectivity index (χ4n) is 4.46. The van der Waals surface area contributed by atoms with Crippen molar-refractivity contribution in [2.45, 2.75) is 42.3 Å². The Morgan fingerprint density at radius 2 is 1.97 bits per heavy atom. The Hall–Kier alpha value is -3.04. The van der Waals surface area contributed by atoms with E-state index in [1.165, 1.54) is 18.5 Å². The molecule has 2 aromatic rings. The Balaban J connectivity index is 1.30. The molecule has 1 spiro atoms. The van der Waals surface area contributed by atoms with Crippen LogP contribution in [0.25, 0.3) is 0 Å². The van der Waals surface area contributed by atoms with Gasteiger partial charge in [0.25, 0.3) is 5.91 Å². The topological polar surface area (TPSA) is 106 Å². The van der Waals surface area contributed by atoms with Crippen molar-refractivity contribution in [3.05, 3.63) is 82.3 Å². The predicted octanol–water partition coefficient (Wildman–Crippen LogP) is 2.24. The van der Waals surface area contributed by atoms with E-state index in [0.29, 0.717) is 15.9 Å². The lowest BCUT2D eigenvalue weighted by atomic mass is 9.73. The van der Waals surface area contributed by atoms with Crippen molar-refractivity contribution in [2.24, 2.45) is 0 Å². The van der Waals surface area contributed by atoms with Crippen molar-refractivity contribution in [2.75, 3.05) is 0 Å². The van der Waals surface area contributed by atoms with Crippen LogP contribution in [0.2, 0.25) is 0 Å². The van der Waals surface area contributed by atoms with E-state index in [1.54, 1.807) is 23.0 Å². The van der Waals surface area contributed by atoms with E-state index in [0.717, 1.165) is 5.56 Å². The van der Waals surface area contributed by atoms with Crippen LogP contribution >= 0.6 is 11.8 Å². The van der Waals surface area contributed by atoms with Gasteiger partial charge in [0.2, 0.25) is 0 Å². The van der Waals surface area contributed by atoms with Gasteiger partial charge in [-0.3, -0.25) is 15.2 Å². The summed E-state index contributed by atoms with van der Waals surface area (Å²) in [7, 11) is 0. The van der Waals surface area contributed by atoms with Crippen LogP contribution in [0.4, 0.5) is 0 Å². The number of pyridine rings is 1. The van der Waals surface area contributed by atoms with Crippen molar-refractivity contribution < 1.29 is 24.2 Å². The molecule has 1 fully saturated rings. The first-order valence-corrected chi connectivity index (χ1v) is 11.0. The fourth-order valence-corrected chi connectivity index (χ4v) is 5.38. The fraction of sp³-hybridized carbons (Fsp3) is 0.318. The minimum absolute atomic E-state index is 0.111. The van der Waals surface area contributed by atoms with E-state index in [4.69, 9.17) is 4.74 Å². The SMILES string of the molecule is O=C1OC2(CCC(O)(C(=O)NN3C=CSC3c3ccccc3)CC2)c2c[n+]([O-])ccc21. The van der Waals surface area contributed by atoms with Gasteiger partial charge in [-0.2, -0.15) is 4.73 Å². The van der Waals surface area contributed by atoms with E-state index in [2.05, 4.69) is 5.43 Å². The average molecular weight is 439 g/mol. The lowest BCUT2D eigenvalue weighted by Crippen LogP contribution is -2.55. The maximum Gasteiger partial charge on any atom is 0.339 e. The molecule has 0 saturated heterocycles. The standard InChI is InChI=1S/C22H21N3O5S/c26-19-16-6-11-24(29)14-17(16)22(30-19)9-7-21(28,8-10-22)20(27)23-25-12-13-31-18(25)15-4-2-1-3-5-15/h1-6,11-14,18,28H,7-10H2,(H,23,27). The zero-order valence-corrected chi connectivity index (χ0v) is 17.4. The molecule has 5 rings (SSSR count). The Morgan fingerprint density at radius 1 is 1.23 bits per heavy atom. The highest BCUT2D eigenvalue weighted by Crippen LogP contribution is 2.49. The smallest absolute Gasteiger partial charge is 0.339 e. The molecule has 8 nitrogen and oxygen atoms in total. The van der Waals surface area contributed by atoms with Crippen LogP contribution in [0.1, 0.15) is 52.5 Å². The number of hydrazine groups is 1. The third-order valence-corrected chi connectivity index (χ3v) is 7.27. The summed E-state index contributed by atoms with van der Waals surface area (Å²) >= 11 is 1.56. The van der Waals surface area contributed by atoms with Crippen LogP contribution in [-0.4, -0.2) is 27.6 Å². The summed E-state index contributed by atoms with van der Waals surface area (Å²) < 4.78 is 6.27. The number of aliphatic hydroxyl groups is 1. The van der Waals surface area contributed by atoms with E-state index >= 15 is 0 Å². The second-order valence-corrected chi connectivity index (χ2v) is 9.07. The number of amides is 1. The first-order chi connectivity index (χ1) is 14.9. The van der Waals surface area contributed by atoms with E-state index in [9.17, 15) is 19.9 Å². The number of carbonyl (C=O) groups excluding carboxylic acids is 2. The van der Waals surface area contributed by atoms with Crippen LogP contribution in [0.5, 0.6) is 0 Å². The number of esters is 1. The molecule has 9 heteroatoms. The number of fused-ring (bicyclic) bond motifs is 2. The van der Waals surface area contributed by atoms with E-state index < -0.39 is 23.1 Å². The van der Waals surface area contributed by atoms with Gasteiger partial charge in [0.15, 0.2) is 12.4 Å². The molecule has 0 bridgehead atoms. The quantitative estimate of drug-likeness (QED) is 0.429. The molecule has 3 heterocycles. The molecule has 160 valence electrons. The number of hydrogen-bond acceptors (Lipinski definition) is 7. The number of benzene rings is 1. The normalized spacial score (nSPS) is 29.1. The molecule has 1 atom stereocenters. The summed E-state index contributed by atoms with van der Waals surface area (Å²) in [6, 6.07) is 11.2. The van der Waals surface area contributed by atoms with Gasteiger partial charge >= 0.3 is 5.97 Å². The molecule has 1 aliphatic carbocycles. The average Bonchev–Trinajstić information content (AvgIpc) is 3.34. The zero-order chi connectivity index (χ0) is 21.6. The Bertz CT molecular complexity index is 1070. The first-order valence-electron chi connectivity index (χ1n) is 10.1. The van der Waals surface area contributed by atoms with Crippen molar-refractivity contribution in [3.8, 4) is 0 Å². The third-order valence-electron chi connectivity index (χ3n) is 6.24. The highest BCUT2D eigenvalue weighted by Gasteiger charge is 2.54. The number of rotatable bonds is 3. The van der Waals surface area contributed by atoms with Gasteiger partial charge in [0.05, 0.1) is 11.1 Å². The first kappa shape index (κ1) is 19.9. The molecule has 3 aliphatic rings. The molecule has 1 unspecified atom stereocenters. The maximum atomic E-state index is 13.0. The molecule has 2 N–H and O–H groups in total. The number of carbonyl (C=O) groups is 2. The molecular weight excluding hydrogens is 418 g/mol. The van der Waals surface area contributed by atoms with Gasteiger partial charge < -0.3 is 15.1 Å². The van der Waals surface area contributed by atoms with E-state index in [1.807, 2.05) is 35.7 Å². The predicted molar refractivity (Wildman–Crippen MR) is 112 cm³/mol. The van der Waals surface area contributed by atoms with Gasteiger partial charge in [-0.05, 0) is 36.7 Å². The lowest BCUT2D eigenvalue weighted by molar-refractivity contribution is -0.606. The van der Waals surface area contributed by atoms with Crippen molar-refractivity contribution in [1.82, 2.24) is 10.4 Å². The molecule has 1 aromatic carbocycles. The molecule has 0 radical (unpaired) electrons. The largest absolute Gasteiger partial charge is 0.619 e. The molecule has 1 aromatic heterocycles. The van der Waals surface area contributed by atoms with Crippen LogP contribution in [-0.2, 0) is 15.1 Å². The molecule has 2 aliphatic heterocycles. The minimum Gasteiger partial charge on any atom is -0.619 e. The number of thioether (sulfide) groups is 1. The molecule has 31 heavy (non-hydrogen) atoms. The van der Waals surface area contributed by atoms with Gasteiger partial charge in [-0.15, -0.1) is 11.8 Å². The van der Waals surface area contributed by atoms with Crippen molar-refractivity contribution >= 4 is 23.6 Å². The van der Waals surface area contributed by atoms with Gasteiger partial charge in [0, 0.05) is 12.3 Å². The third kappa shape index (κ3) is 3.34. The summed E-state index contributed by atoms with van der Waals surface area (Å²) in [5, 5.41) is 26.3. The Morgan fingerprint density at radius 3 is 2.71 bits per heavy atom. The second-order valence-electron chi connectivity index (χ2n) is 8.08. The second kappa shape index (κ2) is 7.28. The van der Waals surface area contributed by atoms with Crippen LogP contribution in [0.15, 0.2) is 60.4 Å². The minimum atomic E-state index is -1.59. The van der Waals surface area contributed by atoms with E-state index in [-0.39, 0.29) is 31.1 Å². The highest BCUT2D eigenvalue weighted by molar-refractivity contribution is 8.02. The maximum absolute atomic E-state index is 13.0. The molecular formula is C22H21N3O5S. The number of aromatic nitrogens is 1. The van der Waals surface area contributed by atoms with Gasteiger partial charge in [-0.25, -0.2) is 4.79 Å². The van der Waals surface area contributed by atoms with Crippen LogP contribution < -0.4 is 10.2 Å². The number of ether oxygens (including phenoxy) is 1.